The van der Waals surface area contributed by atoms with Gasteiger partial charge in [-0.1, -0.05) is 35.9 Å². The van der Waals surface area contributed by atoms with Crippen LogP contribution in [0, 0.1) is 6.92 Å². The van der Waals surface area contributed by atoms with E-state index in [9.17, 15) is 8.42 Å². The first-order valence-electron chi connectivity index (χ1n) is 7.21. The van der Waals surface area contributed by atoms with Gasteiger partial charge in [-0.25, -0.2) is 18.1 Å². The number of nitrogens with one attached hydrogen (secondary N) is 1. The number of aromatic nitrogens is 1. The number of halogens is 1. The van der Waals surface area contributed by atoms with Crippen LogP contribution < -0.4 is 4.72 Å². The fraction of sp³-hybridized carbons (Fsp3) is 0.118. The summed E-state index contributed by atoms with van der Waals surface area (Å²) in [5.41, 5.74) is 2.30. The van der Waals surface area contributed by atoms with Gasteiger partial charge < -0.3 is 4.42 Å². The van der Waals surface area contributed by atoms with Gasteiger partial charge in [0.05, 0.1) is 4.90 Å². The molecular weight excluding hydrogens is 348 g/mol. The van der Waals surface area contributed by atoms with Crippen LogP contribution in [0.2, 0.25) is 5.02 Å². The van der Waals surface area contributed by atoms with Crippen molar-refractivity contribution in [2.75, 3.05) is 0 Å². The van der Waals surface area contributed by atoms with Crippen LogP contribution in [0.25, 0.3) is 11.3 Å². The third-order valence-electron chi connectivity index (χ3n) is 3.46. The molecule has 0 saturated carbocycles. The molecule has 0 aliphatic heterocycles. The molecule has 3 rings (SSSR count). The standard InChI is InChI=1S/C17H15ClN2O3S/c1-12-20-17(11-23-12)14-4-8-16(9-5-14)24(21,22)19-10-13-2-6-15(18)7-3-13/h2-9,11,19H,10H2,1H3. The van der Waals surface area contributed by atoms with E-state index in [0.29, 0.717) is 16.6 Å². The molecule has 0 aliphatic rings. The van der Waals surface area contributed by atoms with E-state index < -0.39 is 10.0 Å². The molecule has 1 aromatic heterocycles. The summed E-state index contributed by atoms with van der Waals surface area (Å²) in [6.45, 7) is 1.95. The summed E-state index contributed by atoms with van der Waals surface area (Å²) in [6, 6.07) is 13.5. The van der Waals surface area contributed by atoms with Gasteiger partial charge in [-0.15, -0.1) is 0 Å². The maximum Gasteiger partial charge on any atom is 0.240 e. The Bertz CT molecular complexity index is 933. The molecule has 1 N–H and O–H groups in total. The van der Waals surface area contributed by atoms with Gasteiger partial charge in [-0.05, 0) is 29.8 Å². The lowest BCUT2D eigenvalue weighted by atomic mass is 10.2. The van der Waals surface area contributed by atoms with Crippen molar-refractivity contribution in [2.45, 2.75) is 18.4 Å². The minimum absolute atomic E-state index is 0.195. The van der Waals surface area contributed by atoms with Crippen LogP contribution in [0.4, 0.5) is 0 Å². The molecule has 2 aromatic carbocycles. The number of sulfonamides is 1. The summed E-state index contributed by atoms with van der Waals surface area (Å²) in [5.74, 6) is 0.561. The molecule has 0 spiro atoms. The average Bonchev–Trinajstić information content (AvgIpc) is 3.01. The highest BCUT2D eigenvalue weighted by Gasteiger charge is 2.14. The van der Waals surface area contributed by atoms with E-state index in [2.05, 4.69) is 9.71 Å². The highest BCUT2D eigenvalue weighted by Crippen LogP contribution is 2.21. The largest absolute Gasteiger partial charge is 0.449 e. The molecule has 124 valence electrons. The van der Waals surface area contributed by atoms with E-state index in [4.69, 9.17) is 16.0 Å². The molecule has 5 nitrogen and oxygen atoms in total. The Morgan fingerprint density at radius 2 is 1.75 bits per heavy atom. The maximum absolute atomic E-state index is 12.4. The van der Waals surface area contributed by atoms with Gasteiger partial charge in [-0.3, -0.25) is 0 Å². The lowest BCUT2D eigenvalue weighted by Crippen LogP contribution is -2.23. The Labute approximate surface area is 145 Å². The van der Waals surface area contributed by atoms with Crippen LogP contribution in [0.3, 0.4) is 0 Å². The van der Waals surface area contributed by atoms with Gasteiger partial charge in [-0.2, -0.15) is 0 Å². The zero-order chi connectivity index (χ0) is 17.2. The molecular formula is C17H15ClN2O3S. The van der Waals surface area contributed by atoms with Crippen molar-refractivity contribution < 1.29 is 12.8 Å². The molecule has 1 heterocycles. The van der Waals surface area contributed by atoms with Gasteiger partial charge in [0.1, 0.15) is 12.0 Å². The third kappa shape index (κ3) is 3.84. The number of rotatable bonds is 5. The molecule has 0 aliphatic carbocycles. The van der Waals surface area contributed by atoms with Crippen molar-refractivity contribution in [3.63, 3.8) is 0 Å². The van der Waals surface area contributed by atoms with Crippen LogP contribution in [0.15, 0.2) is 64.1 Å². The van der Waals surface area contributed by atoms with E-state index >= 15 is 0 Å². The lowest BCUT2D eigenvalue weighted by molar-refractivity contribution is 0.521. The molecule has 24 heavy (non-hydrogen) atoms. The fourth-order valence-electron chi connectivity index (χ4n) is 2.16. The minimum Gasteiger partial charge on any atom is -0.449 e. The molecule has 0 bridgehead atoms. The highest BCUT2D eigenvalue weighted by atomic mass is 35.5. The number of hydrogen-bond donors (Lipinski definition) is 1. The Balaban J connectivity index is 1.73. The molecule has 7 heteroatoms. The predicted octanol–water partition coefficient (Wildman–Crippen LogP) is 3.78. The van der Waals surface area contributed by atoms with Crippen LogP contribution in [0.5, 0.6) is 0 Å². The minimum atomic E-state index is -3.59. The van der Waals surface area contributed by atoms with Gasteiger partial charge >= 0.3 is 0 Å². The van der Waals surface area contributed by atoms with E-state index in [1.165, 1.54) is 6.26 Å². The van der Waals surface area contributed by atoms with Crippen LogP contribution in [-0.4, -0.2) is 13.4 Å². The normalized spacial score (nSPS) is 11.6. The first-order chi connectivity index (χ1) is 11.4. The predicted molar refractivity (Wildman–Crippen MR) is 92.2 cm³/mol. The van der Waals surface area contributed by atoms with Crippen molar-refractivity contribution in [1.82, 2.24) is 9.71 Å². The first-order valence-corrected chi connectivity index (χ1v) is 9.07. The smallest absolute Gasteiger partial charge is 0.240 e. The van der Waals surface area contributed by atoms with E-state index in [1.807, 2.05) is 0 Å². The summed E-state index contributed by atoms with van der Waals surface area (Å²) in [7, 11) is -3.59. The van der Waals surface area contributed by atoms with Gasteiger partial charge in [0, 0.05) is 24.1 Å². The Morgan fingerprint density at radius 1 is 1.08 bits per heavy atom. The Morgan fingerprint density at radius 3 is 2.33 bits per heavy atom. The fourth-order valence-corrected chi connectivity index (χ4v) is 3.31. The Hall–Kier alpha value is -2.15. The molecule has 0 amide bonds. The topological polar surface area (TPSA) is 72.2 Å². The zero-order valence-corrected chi connectivity index (χ0v) is 14.4. The summed E-state index contributed by atoms with van der Waals surface area (Å²) >= 11 is 5.81. The second-order valence-corrected chi connectivity index (χ2v) is 7.43. The third-order valence-corrected chi connectivity index (χ3v) is 5.13. The lowest BCUT2D eigenvalue weighted by Gasteiger charge is -2.07. The highest BCUT2D eigenvalue weighted by molar-refractivity contribution is 7.89. The van der Waals surface area contributed by atoms with Crippen molar-refractivity contribution in [3.05, 3.63) is 71.3 Å². The SMILES string of the molecule is Cc1nc(-c2ccc(S(=O)(=O)NCc3ccc(Cl)cc3)cc2)co1. The summed E-state index contributed by atoms with van der Waals surface area (Å²) in [4.78, 5) is 4.41. The molecule has 0 unspecified atom stereocenters. The summed E-state index contributed by atoms with van der Waals surface area (Å²) < 4.78 is 32.4. The van der Waals surface area contributed by atoms with Crippen LogP contribution in [0.1, 0.15) is 11.5 Å². The first kappa shape index (κ1) is 16.7. The second kappa shape index (κ2) is 6.76. The molecule has 0 fully saturated rings. The second-order valence-electron chi connectivity index (χ2n) is 5.23. The number of benzene rings is 2. The zero-order valence-electron chi connectivity index (χ0n) is 12.9. The molecule has 0 saturated heterocycles. The van der Waals surface area contributed by atoms with Crippen molar-refractivity contribution >= 4 is 21.6 Å². The Kier molecular flexibility index (Phi) is 4.71. The quantitative estimate of drug-likeness (QED) is 0.749. The average molecular weight is 363 g/mol. The molecule has 3 aromatic rings. The number of oxazole rings is 1. The van der Waals surface area contributed by atoms with Crippen molar-refractivity contribution in [3.8, 4) is 11.3 Å². The van der Waals surface area contributed by atoms with Crippen LogP contribution >= 0.6 is 11.6 Å². The van der Waals surface area contributed by atoms with Gasteiger partial charge in [0.2, 0.25) is 10.0 Å². The van der Waals surface area contributed by atoms with E-state index in [1.54, 1.807) is 55.5 Å². The number of hydrogen-bond acceptors (Lipinski definition) is 4. The molecule has 0 atom stereocenters. The summed E-state index contributed by atoms with van der Waals surface area (Å²) in [6.07, 6.45) is 1.54. The van der Waals surface area contributed by atoms with Gasteiger partial charge in [0.25, 0.3) is 0 Å². The number of nitrogens with zero attached hydrogens (tertiary/aromatic N) is 1. The van der Waals surface area contributed by atoms with Crippen LogP contribution in [-0.2, 0) is 16.6 Å². The van der Waals surface area contributed by atoms with Crippen molar-refractivity contribution in [2.24, 2.45) is 0 Å². The number of aryl methyl sites for hydroxylation is 1. The molecule has 0 radical (unpaired) electrons. The van der Waals surface area contributed by atoms with E-state index in [-0.39, 0.29) is 11.4 Å². The van der Waals surface area contributed by atoms with E-state index in [0.717, 1.165) is 11.1 Å². The van der Waals surface area contributed by atoms with Crippen molar-refractivity contribution in [1.29, 1.82) is 0 Å². The van der Waals surface area contributed by atoms with Gasteiger partial charge in [0.15, 0.2) is 5.89 Å². The maximum atomic E-state index is 12.4. The summed E-state index contributed by atoms with van der Waals surface area (Å²) in [5, 5.41) is 0.611. The monoisotopic (exact) mass is 362 g/mol.